The Morgan fingerprint density at radius 2 is 2.23 bits per heavy atom. The van der Waals surface area contributed by atoms with Crippen LogP contribution in [0, 0.1) is 5.92 Å². The Morgan fingerprint density at radius 1 is 1.35 bits per heavy atom. The molecule has 2 N–H and O–H groups in total. The number of amides is 2. The van der Waals surface area contributed by atoms with Crippen molar-refractivity contribution in [1.82, 2.24) is 20.5 Å². The van der Waals surface area contributed by atoms with E-state index in [0.717, 1.165) is 54.5 Å². The van der Waals surface area contributed by atoms with Gasteiger partial charge in [0.2, 0.25) is 5.88 Å². The van der Waals surface area contributed by atoms with Crippen LogP contribution in [0.15, 0.2) is 28.7 Å². The number of carbonyl (C=O) groups excluding carboxylic acids is 1. The summed E-state index contributed by atoms with van der Waals surface area (Å²) < 4.78 is 6.67. The minimum Gasteiger partial charge on any atom is -0.481 e. The van der Waals surface area contributed by atoms with E-state index in [0.29, 0.717) is 22.9 Å². The third-order valence-corrected chi connectivity index (χ3v) is 8.94. The van der Waals surface area contributed by atoms with Crippen LogP contribution >= 0.6 is 27.5 Å². The van der Waals surface area contributed by atoms with Crippen molar-refractivity contribution in [3.05, 3.63) is 44.9 Å². The Balaban J connectivity index is 1.36. The second-order valence-corrected chi connectivity index (χ2v) is 10.2. The van der Waals surface area contributed by atoms with Gasteiger partial charge in [0.15, 0.2) is 0 Å². The summed E-state index contributed by atoms with van der Waals surface area (Å²) in [6, 6.07) is 8.75. The molecule has 2 aliphatic carbocycles. The zero-order valence-electron chi connectivity index (χ0n) is 17.3. The maximum Gasteiger partial charge on any atom is 0.315 e. The lowest BCUT2D eigenvalue weighted by Crippen LogP contribution is -2.43. The van der Waals surface area contributed by atoms with Crippen molar-refractivity contribution in [2.24, 2.45) is 5.92 Å². The van der Waals surface area contributed by atoms with Gasteiger partial charge in [-0.05, 0) is 59.3 Å². The molecule has 8 heteroatoms. The number of ether oxygens (including phenoxy) is 1. The number of hydrogen-bond donors (Lipinski definition) is 2. The first-order chi connectivity index (χ1) is 15.0. The normalized spacial score (nSPS) is 31.2. The topological polar surface area (TPSA) is 66.5 Å². The molecule has 2 unspecified atom stereocenters. The van der Waals surface area contributed by atoms with E-state index in [1.54, 1.807) is 7.11 Å². The minimum atomic E-state index is -0.0478. The molecule has 2 saturated heterocycles. The maximum absolute atomic E-state index is 12.1. The molecule has 0 bridgehead atoms. The summed E-state index contributed by atoms with van der Waals surface area (Å²) in [7, 11) is 1.70. The third kappa shape index (κ3) is 2.86. The number of methoxy groups -OCH3 is 1. The van der Waals surface area contributed by atoms with Gasteiger partial charge in [-0.1, -0.05) is 23.7 Å². The van der Waals surface area contributed by atoms with Gasteiger partial charge in [0.1, 0.15) is 0 Å². The Morgan fingerprint density at radius 3 is 3.06 bits per heavy atom. The molecule has 1 aromatic heterocycles. The van der Waals surface area contributed by atoms with Crippen molar-refractivity contribution >= 4 is 33.6 Å². The molecule has 2 aliphatic heterocycles. The summed E-state index contributed by atoms with van der Waals surface area (Å²) in [6.45, 7) is 1.75. The molecule has 4 aliphatic rings. The number of nitrogens with zero attached hydrogens (tertiary/aromatic N) is 2. The molecular weight excluding hydrogens is 480 g/mol. The van der Waals surface area contributed by atoms with Crippen LogP contribution in [0.25, 0.3) is 11.3 Å². The van der Waals surface area contributed by atoms with Gasteiger partial charge in [0.25, 0.3) is 0 Å². The molecule has 1 aromatic carbocycles. The molecule has 162 valence electrons. The first kappa shape index (κ1) is 19.8. The zero-order chi connectivity index (χ0) is 21.3. The highest BCUT2D eigenvalue weighted by Crippen LogP contribution is 2.60. The van der Waals surface area contributed by atoms with Crippen molar-refractivity contribution in [3.63, 3.8) is 0 Å². The van der Waals surface area contributed by atoms with Crippen LogP contribution in [-0.2, 0) is 6.42 Å². The number of halogens is 2. The van der Waals surface area contributed by atoms with Gasteiger partial charge in [0, 0.05) is 46.7 Å². The maximum atomic E-state index is 12.1. The predicted octanol–water partition coefficient (Wildman–Crippen LogP) is 4.31. The number of aryl methyl sites for hydroxylation is 1. The number of urea groups is 1. The van der Waals surface area contributed by atoms with E-state index in [9.17, 15) is 4.79 Å². The van der Waals surface area contributed by atoms with E-state index in [2.05, 4.69) is 37.5 Å². The van der Waals surface area contributed by atoms with Crippen LogP contribution in [0.3, 0.4) is 0 Å². The molecule has 0 radical (unpaired) electrons. The van der Waals surface area contributed by atoms with E-state index < -0.39 is 0 Å². The van der Waals surface area contributed by atoms with Crippen molar-refractivity contribution in [3.8, 4) is 17.1 Å². The first-order valence-corrected chi connectivity index (χ1v) is 12.0. The summed E-state index contributed by atoms with van der Waals surface area (Å²) in [4.78, 5) is 19.6. The lowest BCUT2D eigenvalue weighted by Gasteiger charge is -2.28. The monoisotopic (exact) mass is 502 g/mol. The molecule has 2 aromatic rings. The minimum absolute atomic E-state index is 0.0199. The Kier molecular flexibility index (Phi) is 4.53. The van der Waals surface area contributed by atoms with Gasteiger partial charge in [0.05, 0.1) is 23.4 Å². The van der Waals surface area contributed by atoms with E-state index in [4.69, 9.17) is 21.3 Å². The largest absolute Gasteiger partial charge is 0.481 e. The van der Waals surface area contributed by atoms with E-state index in [1.165, 1.54) is 11.1 Å². The van der Waals surface area contributed by atoms with E-state index >= 15 is 0 Å². The zero-order valence-corrected chi connectivity index (χ0v) is 19.6. The van der Waals surface area contributed by atoms with Crippen LogP contribution in [-0.4, -0.2) is 47.7 Å². The molecule has 2 amide bonds. The molecule has 3 fully saturated rings. The fourth-order valence-corrected chi connectivity index (χ4v) is 6.90. The van der Waals surface area contributed by atoms with Crippen LogP contribution in [0.5, 0.6) is 5.88 Å². The van der Waals surface area contributed by atoms with Gasteiger partial charge in [-0.15, -0.1) is 0 Å². The van der Waals surface area contributed by atoms with Crippen LogP contribution in [0.4, 0.5) is 4.79 Å². The number of benzene rings is 1. The number of fused-ring (bicyclic) bond motifs is 2. The van der Waals surface area contributed by atoms with Crippen molar-refractivity contribution in [1.29, 1.82) is 0 Å². The lowest BCUT2D eigenvalue weighted by atomic mass is 10.0. The fraction of sp³-hybridized carbons (Fsp3) is 0.478. The highest BCUT2D eigenvalue weighted by Gasteiger charge is 2.72. The van der Waals surface area contributed by atoms with Gasteiger partial charge in [-0.25, -0.2) is 9.78 Å². The van der Waals surface area contributed by atoms with Crippen molar-refractivity contribution in [2.45, 2.75) is 43.3 Å². The number of likely N-dealkylation sites (tertiary alicyclic amines) is 1. The molecule has 6 nitrogen and oxygen atoms in total. The molecule has 1 spiro atoms. The SMILES string of the molecule is COc1nc(-c2cccc(Br)c2Cl)cc2c1C(N1CC[C@]34NC(=O)NCC[C@H]3C14)CC2. The summed E-state index contributed by atoms with van der Waals surface area (Å²) in [5.74, 6) is 1.22. The molecule has 3 heterocycles. The van der Waals surface area contributed by atoms with Crippen LogP contribution < -0.4 is 15.4 Å². The number of piperidine rings is 1. The van der Waals surface area contributed by atoms with Gasteiger partial charge in [-0.3, -0.25) is 4.90 Å². The lowest BCUT2D eigenvalue weighted by molar-refractivity contribution is 0.193. The highest BCUT2D eigenvalue weighted by atomic mass is 79.9. The second kappa shape index (κ2) is 7.09. The predicted molar refractivity (Wildman–Crippen MR) is 122 cm³/mol. The quantitative estimate of drug-likeness (QED) is 0.655. The van der Waals surface area contributed by atoms with Gasteiger partial charge >= 0.3 is 6.03 Å². The molecular formula is C23H24BrClN4O2. The standard InChI is InChI=1S/C23H24BrClN4O2/c1-31-21-18-12(11-16(27-21)13-3-2-4-15(24)19(13)25)5-6-17(18)29-10-8-23-14(20(23)29)7-9-26-22(30)28-23/h2-4,11,14,17,20H,5-10H2,1H3,(H2,26,28,30)/t14-,17?,20?,23-/m0/s1. The number of carbonyl (C=O) groups is 1. The first-order valence-electron chi connectivity index (χ1n) is 10.9. The smallest absolute Gasteiger partial charge is 0.315 e. The fourth-order valence-electron chi connectivity index (χ4n) is 6.31. The molecule has 6 rings (SSSR count). The number of rotatable bonds is 3. The summed E-state index contributed by atoms with van der Waals surface area (Å²) in [5, 5.41) is 6.89. The van der Waals surface area contributed by atoms with Gasteiger partial charge in [-0.2, -0.15) is 0 Å². The number of hydrogen-bond acceptors (Lipinski definition) is 4. The van der Waals surface area contributed by atoms with Crippen molar-refractivity contribution in [2.75, 3.05) is 20.2 Å². The average Bonchev–Trinajstić information content (AvgIpc) is 3.03. The van der Waals surface area contributed by atoms with Crippen molar-refractivity contribution < 1.29 is 9.53 Å². The number of aromatic nitrogens is 1. The Bertz CT molecular complexity index is 1100. The van der Waals surface area contributed by atoms with Crippen LogP contribution in [0.1, 0.15) is 36.4 Å². The van der Waals surface area contributed by atoms with Gasteiger partial charge < -0.3 is 15.4 Å². The third-order valence-electron chi connectivity index (χ3n) is 7.64. The van der Waals surface area contributed by atoms with E-state index in [-0.39, 0.29) is 17.6 Å². The highest BCUT2D eigenvalue weighted by molar-refractivity contribution is 9.10. The van der Waals surface area contributed by atoms with Crippen LogP contribution in [0.2, 0.25) is 5.02 Å². The number of nitrogens with one attached hydrogen (secondary N) is 2. The molecule has 4 atom stereocenters. The average molecular weight is 504 g/mol. The number of pyridine rings is 1. The summed E-state index contributed by atoms with van der Waals surface area (Å²) in [5.41, 5.74) is 4.19. The second-order valence-electron chi connectivity index (χ2n) is 8.99. The summed E-state index contributed by atoms with van der Waals surface area (Å²) in [6.07, 6.45) is 4.10. The Hall–Kier alpha value is -1.83. The van der Waals surface area contributed by atoms with E-state index in [1.807, 2.05) is 18.2 Å². The molecule has 1 saturated carbocycles. The summed E-state index contributed by atoms with van der Waals surface area (Å²) >= 11 is 10.1. The Labute approximate surface area is 194 Å². The molecule has 31 heavy (non-hydrogen) atoms.